The van der Waals surface area contributed by atoms with Crippen LogP contribution in [0.3, 0.4) is 0 Å². The molecule has 1 amide bonds. The van der Waals surface area contributed by atoms with E-state index in [1.54, 1.807) is 28.6 Å². The molecular formula is C25H26N4O3S3. The van der Waals surface area contributed by atoms with E-state index in [-0.39, 0.29) is 19.0 Å². The number of para-hydroxylation sites is 1. The highest BCUT2D eigenvalue weighted by Crippen LogP contribution is 2.34. The molecule has 10 heteroatoms. The average molecular weight is 527 g/mol. The summed E-state index contributed by atoms with van der Waals surface area (Å²) in [7, 11) is -3.61. The minimum absolute atomic E-state index is 0.112. The molecule has 1 saturated heterocycles. The van der Waals surface area contributed by atoms with E-state index in [0.717, 1.165) is 27.9 Å². The van der Waals surface area contributed by atoms with Gasteiger partial charge in [-0.05, 0) is 54.5 Å². The van der Waals surface area contributed by atoms with Gasteiger partial charge in [0.25, 0.3) is 10.0 Å². The number of benzene rings is 1. The van der Waals surface area contributed by atoms with Gasteiger partial charge in [0.15, 0.2) is 5.13 Å². The van der Waals surface area contributed by atoms with Crippen molar-refractivity contribution in [3.8, 4) is 0 Å². The minimum Gasteiger partial charge on any atom is -0.282 e. The van der Waals surface area contributed by atoms with E-state index in [1.165, 1.54) is 27.0 Å². The number of piperidine rings is 1. The number of fused-ring (bicyclic) bond motifs is 1. The molecular weight excluding hydrogens is 501 g/mol. The van der Waals surface area contributed by atoms with Gasteiger partial charge in [0.05, 0.1) is 28.4 Å². The molecule has 0 bridgehead atoms. The maximum atomic E-state index is 13.9. The van der Waals surface area contributed by atoms with E-state index in [1.807, 2.05) is 30.3 Å². The van der Waals surface area contributed by atoms with Gasteiger partial charge in [0.2, 0.25) is 5.91 Å². The summed E-state index contributed by atoms with van der Waals surface area (Å²) in [5.41, 5.74) is 2.81. The summed E-state index contributed by atoms with van der Waals surface area (Å²) in [5, 5.41) is 2.38. The maximum absolute atomic E-state index is 13.9. The van der Waals surface area contributed by atoms with Crippen LogP contribution in [0.25, 0.3) is 10.2 Å². The molecule has 5 rings (SSSR count). The molecule has 1 aromatic carbocycles. The number of hydrogen-bond donors (Lipinski definition) is 0. The van der Waals surface area contributed by atoms with Gasteiger partial charge in [0.1, 0.15) is 4.21 Å². The topological polar surface area (TPSA) is 83.5 Å². The molecule has 4 aromatic rings. The Bertz CT molecular complexity index is 1420. The molecule has 35 heavy (non-hydrogen) atoms. The zero-order valence-corrected chi connectivity index (χ0v) is 21.8. The Kier molecular flexibility index (Phi) is 6.97. The number of pyridine rings is 1. The largest absolute Gasteiger partial charge is 0.282 e. The smallest absolute Gasteiger partial charge is 0.252 e. The predicted molar refractivity (Wildman–Crippen MR) is 140 cm³/mol. The van der Waals surface area contributed by atoms with Crippen LogP contribution < -0.4 is 4.90 Å². The fraction of sp³-hybridized carbons (Fsp3) is 0.320. The summed E-state index contributed by atoms with van der Waals surface area (Å²) in [6, 6.07) is 15.1. The van der Waals surface area contributed by atoms with Crippen LogP contribution in [0.4, 0.5) is 5.13 Å². The van der Waals surface area contributed by atoms with Gasteiger partial charge >= 0.3 is 0 Å². The zero-order chi connectivity index (χ0) is 24.4. The number of nitrogens with zero attached hydrogens (tertiary/aromatic N) is 4. The van der Waals surface area contributed by atoms with Crippen molar-refractivity contribution in [3.05, 3.63) is 71.4 Å². The number of rotatable bonds is 7. The maximum Gasteiger partial charge on any atom is 0.252 e. The number of thiophene rings is 1. The summed E-state index contributed by atoms with van der Waals surface area (Å²) in [4.78, 5) is 24.9. The Morgan fingerprint density at radius 1 is 1.17 bits per heavy atom. The molecule has 7 nitrogen and oxygen atoms in total. The normalized spacial score (nSPS) is 17.0. The number of anilines is 1. The van der Waals surface area contributed by atoms with E-state index < -0.39 is 15.9 Å². The van der Waals surface area contributed by atoms with Crippen molar-refractivity contribution in [3.63, 3.8) is 0 Å². The molecule has 1 atom stereocenters. The first-order valence-electron chi connectivity index (χ1n) is 11.6. The highest BCUT2D eigenvalue weighted by Gasteiger charge is 2.36. The molecule has 0 N–H and O–H groups in total. The van der Waals surface area contributed by atoms with Gasteiger partial charge in [-0.2, -0.15) is 4.31 Å². The standard InChI is InChI=1S/C25H26N4O3S3/c1-2-18-8-5-11-21-23(18)27-25(34-21)29(17-20-10-3-4-13-26-20)24(30)19-9-6-14-28(16-19)35(31,32)22-12-7-15-33-22/h3-5,7-8,10-13,15,19H,2,6,9,14,16-17H2,1H3. The monoisotopic (exact) mass is 526 g/mol. The van der Waals surface area contributed by atoms with Crippen LogP contribution in [0.15, 0.2) is 64.3 Å². The summed E-state index contributed by atoms with van der Waals surface area (Å²) in [6.45, 7) is 2.97. The van der Waals surface area contributed by atoms with Crippen LogP contribution in [0.2, 0.25) is 0 Å². The lowest BCUT2D eigenvalue weighted by atomic mass is 9.98. The summed E-state index contributed by atoms with van der Waals surface area (Å²) in [6.07, 6.45) is 3.84. The quantitative estimate of drug-likeness (QED) is 0.340. The van der Waals surface area contributed by atoms with Crippen LogP contribution in [-0.2, 0) is 27.8 Å². The third kappa shape index (κ3) is 4.88. The van der Waals surface area contributed by atoms with Crippen molar-refractivity contribution < 1.29 is 13.2 Å². The molecule has 4 heterocycles. The van der Waals surface area contributed by atoms with Gasteiger partial charge in [-0.1, -0.05) is 42.5 Å². The summed E-state index contributed by atoms with van der Waals surface area (Å²) in [5.74, 6) is -0.557. The third-order valence-corrected chi connectivity index (χ3v) is 10.5. The lowest BCUT2D eigenvalue weighted by Gasteiger charge is -2.33. The number of amides is 1. The molecule has 182 valence electrons. The first-order valence-corrected chi connectivity index (χ1v) is 14.7. The number of carbonyl (C=O) groups is 1. The molecule has 0 radical (unpaired) electrons. The second-order valence-electron chi connectivity index (χ2n) is 8.49. The lowest BCUT2D eigenvalue weighted by molar-refractivity contribution is -0.123. The first kappa shape index (κ1) is 24.1. The molecule has 1 fully saturated rings. The van der Waals surface area contributed by atoms with Crippen molar-refractivity contribution in [1.29, 1.82) is 0 Å². The van der Waals surface area contributed by atoms with E-state index in [9.17, 15) is 13.2 Å². The van der Waals surface area contributed by atoms with Gasteiger partial charge in [-0.25, -0.2) is 13.4 Å². The Labute approximate surface area is 213 Å². The number of aromatic nitrogens is 2. The molecule has 1 unspecified atom stereocenters. The lowest BCUT2D eigenvalue weighted by Crippen LogP contribution is -2.46. The van der Waals surface area contributed by atoms with Gasteiger partial charge in [-0.15, -0.1) is 11.3 Å². The minimum atomic E-state index is -3.61. The van der Waals surface area contributed by atoms with E-state index in [0.29, 0.717) is 28.7 Å². The van der Waals surface area contributed by atoms with Crippen LogP contribution in [-0.4, -0.2) is 41.7 Å². The van der Waals surface area contributed by atoms with Crippen molar-refractivity contribution in [2.75, 3.05) is 18.0 Å². The number of thiazole rings is 1. The Hall–Kier alpha value is -2.66. The molecule has 3 aromatic heterocycles. The van der Waals surface area contributed by atoms with E-state index >= 15 is 0 Å². The number of carbonyl (C=O) groups excluding carboxylic acids is 1. The van der Waals surface area contributed by atoms with Crippen LogP contribution >= 0.6 is 22.7 Å². The van der Waals surface area contributed by atoms with Crippen LogP contribution in [0, 0.1) is 5.92 Å². The number of hydrogen-bond acceptors (Lipinski definition) is 7. The predicted octanol–water partition coefficient (Wildman–Crippen LogP) is 4.95. The highest BCUT2D eigenvalue weighted by molar-refractivity contribution is 7.91. The van der Waals surface area contributed by atoms with Gasteiger partial charge < -0.3 is 0 Å². The van der Waals surface area contributed by atoms with Crippen molar-refractivity contribution in [1.82, 2.24) is 14.3 Å². The summed E-state index contributed by atoms with van der Waals surface area (Å²) >= 11 is 2.69. The van der Waals surface area contributed by atoms with Gasteiger partial charge in [-0.3, -0.25) is 14.7 Å². The molecule has 1 aliphatic heterocycles. The van der Waals surface area contributed by atoms with Crippen molar-refractivity contribution in [2.24, 2.45) is 5.92 Å². The van der Waals surface area contributed by atoms with Gasteiger partial charge in [0, 0.05) is 19.3 Å². The highest BCUT2D eigenvalue weighted by atomic mass is 32.2. The third-order valence-electron chi connectivity index (χ3n) is 6.24. The fourth-order valence-electron chi connectivity index (χ4n) is 4.41. The molecule has 1 aliphatic rings. The second kappa shape index (κ2) is 10.1. The second-order valence-corrected chi connectivity index (χ2v) is 12.6. The summed E-state index contributed by atoms with van der Waals surface area (Å²) < 4.78 is 29.1. The van der Waals surface area contributed by atoms with E-state index in [4.69, 9.17) is 4.98 Å². The Morgan fingerprint density at radius 3 is 2.80 bits per heavy atom. The van der Waals surface area contributed by atoms with Crippen LogP contribution in [0.5, 0.6) is 0 Å². The molecule has 0 saturated carbocycles. The first-order chi connectivity index (χ1) is 17.0. The molecule has 0 spiro atoms. The van der Waals surface area contributed by atoms with E-state index in [2.05, 4.69) is 18.0 Å². The zero-order valence-electron chi connectivity index (χ0n) is 19.3. The van der Waals surface area contributed by atoms with Crippen molar-refractivity contribution in [2.45, 2.75) is 36.9 Å². The Balaban J connectivity index is 1.47. The van der Waals surface area contributed by atoms with Crippen LogP contribution in [0.1, 0.15) is 31.0 Å². The molecule has 0 aliphatic carbocycles. The number of aryl methyl sites for hydroxylation is 1. The average Bonchev–Trinajstić information content (AvgIpc) is 3.58. The fourth-order valence-corrected chi connectivity index (χ4v) is 8.09. The SMILES string of the molecule is CCc1cccc2sc(N(Cc3ccccn3)C(=O)C3CCCN(S(=O)(=O)c4cccs4)C3)nc12. The number of sulfonamides is 1. The van der Waals surface area contributed by atoms with Crippen molar-refractivity contribution >= 4 is 54.0 Å². The Morgan fingerprint density at radius 2 is 2.06 bits per heavy atom.